The SMILES string of the molecule is CCCC1(C(C)=O)CCN(CCC(NC(=O)Nc2ccccc2O)c2ccccc2)CC1. The Morgan fingerprint density at radius 1 is 1.06 bits per heavy atom. The van der Waals surface area contributed by atoms with Gasteiger partial charge in [-0.1, -0.05) is 55.8 Å². The maximum atomic E-state index is 12.6. The van der Waals surface area contributed by atoms with Crippen molar-refractivity contribution in [2.75, 3.05) is 25.0 Å². The van der Waals surface area contributed by atoms with E-state index < -0.39 is 0 Å². The molecule has 0 spiro atoms. The van der Waals surface area contributed by atoms with Gasteiger partial charge in [-0.05, 0) is 63.4 Å². The van der Waals surface area contributed by atoms with Crippen LogP contribution in [0.5, 0.6) is 5.75 Å². The molecule has 0 radical (unpaired) electrons. The molecule has 6 nitrogen and oxygen atoms in total. The Kier molecular flexibility index (Phi) is 8.28. The topological polar surface area (TPSA) is 81.7 Å². The number of Topliss-reactive ketones (excluding diaryl/α,β-unsaturated/α-hetero) is 1. The number of aromatic hydroxyl groups is 1. The Labute approximate surface area is 191 Å². The van der Waals surface area contributed by atoms with E-state index in [1.807, 2.05) is 30.3 Å². The zero-order chi connectivity index (χ0) is 23.0. The van der Waals surface area contributed by atoms with Crippen molar-refractivity contribution < 1.29 is 14.7 Å². The summed E-state index contributed by atoms with van der Waals surface area (Å²) >= 11 is 0. The van der Waals surface area contributed by atoms with Crippen molar-refractivity contribution in [1.29, 1.82) is 0 Å². The van der Waals surface area contributed by atoms with E-state index in [2.05, 4.69) is 22.5 Å². The number of rotatable bonds is 9. The Morgan fingerprint density at radius 2 is 1.72 bits per heavy atom. The van der Waals surface area contributed by atoms with Crippen molar-refractivity contribution in [1.82, 2.24) is 10.2 Å². The van der Waals surface area contributed by atoms with Crippen LogP contribution < -0.4 is 10.6 Å². The first-order valence-corrected chi connectivity index (χ1v) is 11.6. The number of piperidine rings is 1. The van der Waals surface area contributed by atoms with Gasteiger partial charge in [0.25, 0.3) is 0 Å². The maximum Gasteiger partial charge on any atom is 0.319 e. The molecular formula is C26H35N3O3. The van der Waals surface area contributed by atoms with Crippen LogP contribution in [0.15, 0.2) is 54.6 Å². The zero-order valence-corrected chi connectivity index (χ0v) is 19.1. The predicted molar refractivity (Wildman–Crippen MR) is 128 cm³/mol. The van der Waals surface area contributed by atoms with Crippen molar-refractivity contribution >= 4 is 17.5 Å². The lowest BCUT2D eigenvalue weighted by Gasteiger charge is -2.40. The lowest BCUT2D eigenvalue weighted by Crippen LogP contribution is -2.44. The Balaban J connectivity index is 1.60. The number of hydrogen-bond acceptors (Lipinski definition) is 4. The molecule has 1 atom stereocenters. The number of likely N-dealkylation sites (tertiary alicyclic amines) is 1. The summed E-state index contributed by atoms with van der Waals surface area (Å²) in [5.74, 6) is 0.358. The van der Waals surface area contributed by atoms with Gasteiger partial charge in [-0.25, -0.2) is 4.79 Å². The van der Waals surface area contributed by atoms with Crippen LogP contribution in [0.25, 0.3) is 0 Å². The monoisotopic (exact) mass is 437 g/mol. The number of para-hydroxylation sites is 2. The number of phenolic OH excluding ortho intramolecular Hbond substituents is 1. The smallest absolute Gasteiger partial charge is 0.319 e. The highest BCUT2D eigenvalue weighted by molar-refractivity contribution is 5.91. The number of urea groups is 1. The van der Waals surface area contributed by atoms with E-state index in [0.29, 0.717) is 11.5 Å². The average molecular weight is 438 g/mol. The van der Waals surface area contributed by atoms with Gasteiger partial charge >= 0.3 is 6.03 Å². The summed E-state index contributed by atoms with van der Waals surface area (Å²) in [4.78, 5) is 27.3. The van der Waals surface area contributed by atoms with E-state index in [9.17, 15) is 14.7 Å². The van der Waals surface area contributed by atoms with Crippen LogP contribution in [0.1, 0.15) is 57.6 Å². The Morgan fingerprint density at radius 3 is 2.34 bits per heavy atom. The molecule has 1 unspecified atom stereocenters. The third-order valence-corrected chi connectivity index (χ3v) is 6.68. The summed E-state index contributed by atoms with van der Waals surface area (Å²) in [7, 11) is 0. The zero-order valence-electron chi connectivity index (χ0n) is 19.1. The lowest BCUT2D eigenvalue weighted by atomic mass is 9.72. The summed E-state index contributed by atoms with van der Waals surface area (Å²) in [5.41, 5.74) is 1.27. The van der Waals surface area contributed by atoms with Crippen molar-refractivity contribution in [3.8, 4) is 5.75 Å². The van der Waals surface area contributed by atoms with Crippen LogP contribution in [0.4, 0.5) is 10.5 Å². The van der Waals surface area contributed by atoms with Gasteiger partial charge in [0.1, 0.15) is 11.5 Å². The van der Waals surface area contributed by atoms with Crippen molar-refractivity contribution in [2.24, 2.45) is 5.41 Å². The first kappa shape index (κ1) is 23.8. The predicted octanol–water partition coefficient (Wildman–Crippen LogP) is 5.12. The molecule has 0 saturated carbocycles. The van der Waals surface area contributed by atoms with Gasteiger partial charge in [0, 0.05) is 12.0 Å². The number of hydrogen-bond donors (Lipinski definition) is 3. The van der Waals surface area contributed by atoms with Gasteiger partial charge < -0.3 is 20.6 Å². The number of amides is 2. The van der Waals surface area contributed by atoms with E-state index in [0.717, 1.165) is 57.3 Å². The number of benzene rings is 2. The molecule has 3 N–H and O–H groups in total. The van der Waals surface area contributed by atoms with Crippen LogP contribution in [0.2, 0.25) is 0 Å². The summed E-state index contributed by atoms with van der Waals surface area (Å²) < 4.78 is 0. The van der Waals surface area contributed by atoms with Gasteiger partial charge in [0.15, 0.2) is 0 Å². The molecule has 0 aromatic heterocycles. The molecule has 172 valence electrons. The first-order chi connectivity index (χ1) is 15.4. The summed E-state index contributed by atoms with van der Waals surface area (Å²) in [5, 5.41) is 15.7. The normalized spacial score (nSPS) is 16.8. The minimum absolute atomic E-state index is 0.0354. The molecule has 1 saturated heterocycles. The van der Waals surface area contributed by atoms with Crippen molar-refractivity contribution in [3.05, 3.63) is 60.2 Å². The van der Waals surface area contributed by atoms with Gasteiger partial charge in [0.05, 0.1) is 11.7 Å². The summed E-state index contributed by atoms with van der Waals surface area (Å²) in [6.07, 6.45) is 4.59. The molecule has 2 amide bonds. The second-order valence-corrected chi connectivity index (χ2v) is 8.80. The second-order valence-electron chi connectivity index (χ2n) is 8.80. The largest absolute Gasteiger partial charge is 0.506 e. The highest BCUT2D eigenvalue weighted by atomic mass is 16.3. The van der Waals surface area contributed by atoms with Gasteiger partial charge in [-0.2, -0.15) is 0 Å². The third kappa shape index (κ3) is 6.10. The van der Waals surface area contributed by atoms with Gasteiger partial charge in [-0.3, -0.25) is 4.79 Å². The molecule has 1 aliphatic rings. The van der Waals surface area contributed by atoms with Gasteiger partial charge in [-0.15, -0.1) is 0 Å². The molecule has 32 heavy (non-hydrogen) atoms. The van der Waals surface area contributed by atoms with Crippen molar-refractivity contribution in [3.63, 3.8) is 0 Å². The van der Waals surface area contributed by atoms with E-state index in [4.69, 9.17) is 0 Å². The molecule has 3 rings (SSSR count). The molecule has 1 heterocycles. The van der Waals surface area contributed by atoms with E-state index in [1.165, 1.54) is 0 Å². The lowest BCUT2D eigenvalue weighted by molar-refractivity contribution is -0.129. The summed E-state index contributed by atoms with van der Waals surface area (Å²) in [6.45, 7) is 6.55. The standard InChI is InChI=1S/C26H35N3O3/c1-3-14-26(20(2)30)15-18-29(19-16-26)17-13-22(21-9-5-4-6-10-21)27-25(32)28-23-11-7-8-12-24(23)31/h4-12,22,31H,3,13-19H2,1-2H3,(H2,27,28,32). The average Bonchev–Trinajstić information content (AvgIpc) is 2.80. The first-order valence-electron chi connectivity index (χ1n) is 11.6. The van der Waals surface area contributed by atoms with E-state index >= 15 is 0 Å². The fraction of sp³-hybridized carbons (Fsp3) is 0.462. The number of carbonyl (C=O) groups is 2. The number of nitrogens with zero attached hydrogens (tertiary/aromatic N) is 1. The molecule has 1 aliphatic heterocycles. The third-order valence-electron chi connectivity index (χ3n) is 6.68. The molecule has 2 aromatic carbocycles. The number of anilines is 1. The van der Waals surface area contributed by atoms with E-state index in [-0.39, 0.29) is 23.2 Å². The Bertz CT molecular complexity index is 892. The van der Waals surface area contributed by atoms with Crippen LogP contribution in [0, 0.1) is 5.41 Å². The number of phenols is 1. The highest BCUT2D eigenvalue weighted by Crippen LogP contribution is 2.37. The second kappa shape index (κ2) is 11.1. The molecule has 6 heteroatoms. The fourth-order valence-electron chi connectivity index (χ4n) is 4.68. The number of carbonyl (C=O) groups excluding carboxylic acids is 2. The van der Waals surface area contributed by atoms with Crippen LogP contribution in [-0.4, -0.2) is 41.5 Å². The number of nitrogens with one attached hydrogen (secondary N) is 2. The van der Waals surface area contributed by atoms with Crippen molar-refractivity contribution in [2.45, 2.75) is 52.0 Å². The van der Waals surface area contributed by atoms with Gasteiger partial charge in [0.2, 0.25) is 0 Å². The minimum atomic E-state index is -0.350. The highest BCUT2D eigenvalue weighted by Gasteiger charge is 2.37. The van der Waals surface area contributed by atoms with E-state index in [1.54, 1.807) is 31.2 Å². The van der Waals surface area contributed by atoms with Crippen LogP contribution in [-0.2, 0) is 4.79 Å². The fourth-order valence-corrected chi connectivity index (χ4v) is 4.68. The maximum absolute atomic E-state index is 12.6. The van der Waals surface area contributed by atoms with Crippen LogP contribution in [0.3, 0.4) is 0 Å². The molecule has 0 aliphatic carbocycles. The number of ketones is 1. The molecule has 2 aromatic rings. The molecule has 1 fully saturated rings. The molecular weight excluding hydrogens is 402 g/mol. The van der Waals surface area contributed by atoms with Crippen LogP contribution >= 0.6 is 0 Å². The quantitative estimate of drug-likeness (QED) is 0.476. The molecule has 0 bridgehead atoms. The Hall–Kier alpha value is -2.86. The summed E-state index contributed by atoms with van der Waals surface area (Å²) in [6, 6.07) is 16.1. The minimum Gasteiger partial charge on any atom is -0.506 e.